The summed E-state index contributed by atoms with van der Waals surface area (Å²) in [6.45, 7) is 7.25. The number of hydrogen-bond acceptors (Lipinski definition) is 4. The number of aryl methyl sites for hydroxylation is 2. The van der Waals surface area contributed by atoms with Crippen molar-refractivity contribution < 1.29 is 9.47 Å². The van der Waals surface area contributed by atoms with Crippen LogP contribution in [0.4, 0.5) is 0 Å². The number of aromatic nitrogens is 1. The maximum Gasteiger partial charge on any atom is 0.253 e. The highest BCUT2D eigenvalue weighted by Crippen LogP contribution is 2.33. The Bertz CT molecular complexity index is 1480. The fraction of sp³-hybridized carbons (Fsp3) is 0.241. The van der Waals surface area contributed by atoms with Gasteiger partial charge >= 0.3 is 0 Å². The lowest BCUT2D eigenvalue weighted by Crippen LogP contribution is -2.41. The van der Waals surface area contributed by atoms with Crippen molar-refractivity contribution >= 4 is 28.2 Å². The third-order valence-electron chi connectivity index (χ3n) is 6.73. The molecule has 36 heavy (non-hydrogen) atoms. The highest BCUT2D eigenvalue weighted by molar-refractivity contribution is 7.80. The van der Waals surface area contributed by atoms with E-state index in [0.717, 1.165) is 44.7 Å². The molecule has 3 aromatic carbocycles. The van der Waals surface area contributed by atoms with Crippen molar-refractivity contribution in [3.63, 3.8) is 0 Å². The predicted octanol–water partition coefficient (Wildman–Crippen LogP) is 5.51. The zero-order chi connectivity index (χ0) is 25.2. The molecule has 2 N–H and O–H groups in total. The molecule has 2 heterocycles. The number of nitrogens with zero attached hydrogens (tertiary/aromatic N) is 1. The van der Waals surface area contributed by atoms with Crippen molar-refractivity contribution in [1.29, 1.82) is 0 Å². The van der Waals surface area contributed by atoms with E-state index in [0.29, 0.717) is 23.8 Å². The second-order valence-electron chi connectivity index (χ2n) is 9.22. The van der Waals surface area contributed by atoms with Gasteiger partial charge in [0.05, 0.1) is 18.1 Å². The second-order valence-corrected chi connectivity index (χ2v) is 9.61. The first-order valence-electron chi connectivity index (χ1n) is 12.0. The van der Waals surface area contributed by atoms with Crippen LogP contribution in [0.2, 0.25) is 0 Å². The molecule has 1 aliphatic rings. The maximum atomic E-state index is 13.1. The molecule has 4 aromatic rings. The first kappa shape index (κ1) is 23.9. The van der Waals surface area contributed by atoms with Gasteiger partial charge in [0.2, 0.25) is 6.79 Å². The molecule has 0 fully saturated rings. The van der Waals surface area contributed by atoms with Crippen molar-refractivity contribution in [1.82, 2.24) is 15.2 Å². The van der Waals surface area contributed by atoms with Crippen LogP contribution in [0.15, 0.2) is 71.5 Å². The lowest BCUT2D eigenvalue weighted by atomic mass is 10.0. The molecule has 7 heteroatoms. The highest BCUT2D eigenvalue weighted by Gasteiger charge is 2.19. The van der Waals surface area contributed by atoms with E-state index < -0.39 is 0 Å². The molecule has 0 saturated carbocycles. The normalized spacial score (nSPS) is 13.0. The van der Waals surface area contributed by atoms with Crippen LogP contribution in [-0.2, 0) is 13.1 Å². The molecule has 0 radical (unpaired) electrons. The fourth-order valence-electron chi connectivity index (χ4n) is 4.45. The number of thiocarbonyl (C=S) groups is 1. The first-order chi connectivity index (χ1) is 17.4. The molecule has 1 aliphatic heterocycles. The summed E-state index contributed by atoms with van der Waals surface area (Å²) >= 11 is 5.87. The summed E-state index contributed by atoms with van der Waals surface area (Å²) in [4.78, 5) is 18.2. The van der Waals surface area contributed by atoms with Gasteiger partial charge in [-0.15, -0.1) is 0 Å². The van der Waals surface area contributed by atoms with Crippen LogP contribution in [0, 0.1) is 13.8 Å². The van der Waals surface area contributed by atoms with E-state index in [1.54, 1.807) is 0 Å². The van der Waals surface area contributed by atoms with Gasteiger partial charge in [-0.05, 0) is 78.8 Å². The topological polar surface area (TPSA) is 66.6 Å². The summed E-state index contributed by atoms with van der Waals surface area (Å²) < 4.78 is 11.0. The Morgan fingerprint density at radius 3 is 2.61 bits per heavy atom. The average molecular weight is 500 g/mol. The summed E-state index contributed by atoms with van der Waals surface area (Å²) in [6, 6.07) is 22.2. The van der Waals surface area contributed by atoms with Crippen molar-refractivity contribution in [3.8, 4) is 11.5 Å². The van der Waals surface area contributed by atoms with Gasteiger partial charge in [0.25, 0.3) is 5.56 Å². The Morgan fingerprint density at radius 1 is 1.03 bits per heavy atom. The zero-order valence-corrected chi connectivity index (χ0v) is 21.4. The molecule has 5 rings (SSSR count). The van der Waals surface area contributed by atoms with E-state index in [-0.39, 0.29) is 18.4 Å². The first-order valence-corrected chi connectivity index (χ1v) is 12.4. The molecule has 184 valence electrons. The van der Waals surface area contributed by atoms with Gasteiger partial charge < -0.3 is 24.7 Å². The SMILES string of the molecule is Cc1ccc2cc(CN(Cc3ccc4c(c3)OCO4)C(=S)NC(C)c3ccccc3)c(=O)[nH]c2c1C. The van der Waals surface area contributed by atoms with Gasteiger partial charge in [0.15, 0.2) is 16.6 Å². The van der Waals surface area contributed by atoms with Crippen LogP contribution in [-0.4, -0.2) is 21.8 Å². The lowest BCUT2D eigenvalue weighted by Gasteiger charge is -2.28. The monoisotopic (exact) mass is 499 g/mol. The Kier molecular flexibility index (Phi) is 6.65. The van der Waals surface area contributed by atoms with Gasteiger partial charge in [-0.25, -0.2) is 0 Å². The van der Waals surface area contributed by atoms with Gasteiger partial charge in [-0.3, -0.25) is 4.79 Å². The molecular formula is C29H29N3O3S. The number of fused-ring (bicyclic) bond motifs is 2. The fourth-order valence-corrected chi connectivity index (χ4v) is 4.76. The van der Waals surface area contributed by atoms with E-state index in [4.69, 9.17) is 21.7 Å². The Labute approximate surface area is 215 Å². The third-order valence-corrected chi connectivity index (χ3v) is 7.10. The molecule has 6 nitrogen and oxygen atoms in total. The van der Waals surface area contributed by atoms with E-state index in [9.17, 15) is 4.79 Å². The van der Waals surface area contributed by atoms with Crippen molar-refractivity contribution in [3.05, 3.63) is 105 Å². The summed E-state index contributed by atoms with van der Waals surface area (Å²) in [5.74, 6) is 1.46. The Balaban J connectivity index is 1.45. The molecule has 0 spiro atoms. The summed E-state index contributed by atoms with van der Waals surface area (Å²) in [7, 11) is 0. The minimum Gasteiger partial charge on any atom is -0.454 e. The van der Waals surface area contributed by atoms with Crippen LogP contribution >= 0.6 is 12.2 Å². The molecule has 0 bridgehead atoms. The van der Waals surface area contributed by atoms with E-state index >= 15 is 0 Å². The van der Waals surface area contributed by atoms with Crippen LogP contribution in [0.3, 0.4) is 0 Å². The van der Waals surface area contributed by atoms with Crippen LogP contribution in [0.25, 0.3) is 10.9 Å². The smallest absolute Gasteiger partial charge is 0.253 e. The average Bonchev–Trinajstić information content (AvgIpc) is 3.35. The minimum absolute atomic E-state index is 0.0125. The van der Waals surface area contributed by atoms with Gasteiger partial charge in [0, 0.05) is 12.1 Å². The summed E-state index contributed by atoms with van der Waals surface area (Å²) in [5, 5.41) is 5.03. The third kappa shape index (κ3) is 4.93. The molecule has 1 unspecified atom stereocenters. The van der Waals surface area contributed by atoms with Crippen molar-refractivity contribution in [2.75, 3.05) is 6.79 Å². The van der Waals surface area contributed by atoms with E-state index in [1.807, 2.05) is 67.3 Å². The number of aromatic amines is 1. The van der Waals surface area contributed by atoms with Crippen LogP contribution < -0.4 is 20.3 Å². The van der Waals surface area contributed by atoms with Gasteiger partial charge in [-0.1, -0.05) is 48.5 Å². The van der Waals surface area contributed by atoms with Gasteiger partial charge in [0.1, 0.15) is 0 Å². The van der Waals surface area contributed by atoms with Crippen LogP contribution in [0.5, 0.6) is 11.5 Å². The molecule has 0 aliphatic carbocycles. The largest absolute Gasteiger partial charge is 0.454 e. The summed E-state index contributed by atoms with van der Waals surface area (Å²) in [6.07, 6.45) is 0. The predicted molar refractivity (Wildman–Crippen MR) is 146 cm³/mol. The number of benzene rings is 3. The van der Waals surface area contributed by atoms with Crippen molar-refractivity contribution in [2.24, 2.45) is 0 Å². The number of H-pyrrole nitrogens is 1. The Morgan fingerprint density at radius 2 is 1.81 bits per heavy atom. The standard InChI is InChI=1S/C29H29N3O3S/c1-18-9-11-23-14-24(28(33)31-27(23)19(18)2)16-32(15-21-10-12-25-26(13-21)35-17-34-25)29(36)30-20(3)22-7-5-4-6-8-22/h4-14,20H,15-17H2,1-3H3,(H,30,36)(H,31,33). The van der Waals surface area contributed by atoms with E-state index in [2.05, 4.69) is 35.4 Å². The summed E-state index contributed by atoms with van der Waals surface area (Å²) in [5.41, 5.74) is 5.81. The Hall–Kier alpha value is -3.84. The molecular weight excluding hydrogens is 470 g/mol. The highest BCUT2D eigenvalue weighted by atomic mass is 32.1. The minimum atomic E-state index is -0.106. The molecule has 0 amide bonds. The lowest BCUT2D eigenvalue weighted by molar-refractivity contribution is 0.174. The number of ether oxygens (including phenoxy) is 2. The number of nitrogens with one attached hydrogen (secondary N) is 2. The number of rotatable bonds is 6. The van der Waals surface area contributed by atoms with Crippen LogP contribution in [0.1, 0.15) is 40.8 Å². The number of hydrogen-bond donors (Lipinski definition) is 2. The number of pyridine rings is 1. The molecule has 1 atom stereocenters. The van der Waals surface area contributed by atoms with Crippen molar-refractivity contribution in [2.45, 2.75) is 39.9 Å². The zero-order valence-electron chi connectivity index (χ0n) is 20.6. The molecule has 1 aromatic heterocycles. The van der Waals surface area contributed by atoms with E-state index in [1.165, 1.54) is 0 Å². The molecule has 0 saturated heterocycles. The second kappa shape index (κ2) is 10.0. The maximum absolute atomic E-state index is 13.1. The van der Waals surface area contributed by atoms with Gasteiger partial charge in [-0.2, -0.15) is 0 Å². The quantitative estimate of drug-likeness (QED) is 0.341.